The zero-order valence-electron chi connectivity index (χ0n) is 21.7. The van der Waals surface area contributed by atoms with Crippen LogP contribution in [-0.4, -0.2) is 49.9 Å². The van der Waals surface area contributed by atoms with E-state index in [1.54, 1.807) is 31.2 Å². The molecule has 6 rings (SSSR count). The van der Waals surface area contributed by atoms with Crippen LogP contribution >= 0.6 is 27.5 Å². The maximum atomic E-state index is 14.5. The quantitative estimate of drug-likeness (QED) is 0.344. The molecule has 0 saturated carbocycles. The van der Waals surface area contributed by atoms with Gasteiger partial charge in [-0.1, -0.05) is 33.6 Å². The molecule has 1 saturated heterocycles. The van der Waals surface area contributed by atoms with Gasteiger partial charge in [-0.25, -0.2) is 4.79 Å². The fraction of sp³-hybridized carbons (Fsp3) is 0.300. The number of nitrogens with zero attached hydrogens (tertiary/aromatic N) is 4. The van der Waals surface area contributed by atoms with E-state index in [1.165, 1.54) is 5.01 Å². The van der Waals surface area contributed by atoms with Gasteiger partial charge in [0.2, 0.25) is 0 Å². The molecule has 3 heterocycles. The molecule has 9 heteroatoms. The first-order valence-electron chi connectivity index (χ1n) is 13.0. The molecule has 1 fully saturated rings. The third-order valence-corrected chi connectivity index (χ3v) is 8.76. The minimum Gasteiger partial charge on any atom is -0.462 e. The maximum absolute atomic E-state index is 14.5. The standard InChI is InChI=1S/C30H28BrClN4O3/c1-3-39-28(37)20-7-10-24(11-8-20)36-29(38)30(19(2)33-36)17-21-15-22(31)9-12-26(21)35-14-13-34(18-27(30)35)25-6-4-5-23(32)16-25/h4-12,15-16,27H,3,13-14,17-18H2,1-2H3/t27-,30+/m0/s1. The average Bonchev–Trinajstić information content (AvgIpc) is 3.18. The van der Waals surface area contributed by atoms with Gasteiger partial charge in [0.15, 0.2) is 0 Å². The molecule has 39 heavy (non-hydrogen) atoms. The lowest BCUT2D eigenvalue weighted by Gasteiger charge is -2.53. The van der Waals surface area contributed by atoms with Crippen molar-refractivity contribution in [2.75, 3.05) is 41.0 Å². The Morgan fingerprint density at radius 3 is 2.64 bits per heavy atom. The lowest BCUT2D eigenvalue weighted by molar-refractivity contribution is -0.125. The van der Waals surface area contributed by atoms with Crippen LogP contribution in [0.3, 0.4) is 0 Å². The van der Waals surface area contributed by atoms with Gasteiger partial charge in [0.05, 0.1) is 29.6 Å². The summed E-state index contributed by atoms with van der Waals surface area (Å²) in [5, 5.41) is 7.03. The minimum absolute atomic E-state index is 0.0579. The molecule has 0 N–H and O–H groups in total. The van der Waals surface area contributed by atoms with E-state index in [0.29, 0.717) is 35.8 Å². The van der Waals surface area contributed by atoms with Gasteiger partial charge in [-0.2, -0.15) is 10.1 Å². The second-order valence-electron chi connectivity index (χ2n) is 10.1. The molecule has 0 radical (unpaired) electrons. The number of esters is 1. The number of fused-ring (bicyclic) bond motifs is 4. The normalized spacial score (nSPS) is 22.1. The number of halogens is 2. The van der Waals surface area contributed by atoms with Crippen molar-refractivity contribution in [2.45, 2.75) is 26.3 Å². The summed E-state index contributed by atoms with van der Waals surface area (Å²) >= 11 is 9.96. The molecular weight excluding hydrogens is 580 g/mol. The molecule has 1 spiro atoms. The van der Waals surface area contributed by atoms with E-state index in [0.717, 1.165) is 40.2 Å². The fourth-order valence-electron chi connectivity index (χ4n) is 6.14. The Morgan fingerprint density at radius 2 is 1.90 bits per heavy atom. The summed E-state index contributed by atoms with van der Waals surface area (Å²) in [5.41, 5.74) is 4.34. The predicted octanol–water partition coefficient (Wildman–Crippen LogP) is 5.94. The SMILES string of the molecule is CCOC(=O)c1ccc(N2N=C(C)[C@@]3(Cc4cc(Br)ccc4N4CCN(c5cccc(Cl)c5)C[C@H]43)C2=O)cc1. The summed E-state index contributed by atoms with van der Waals surface area (Å²) in [6.07, 6.45) is 0.553. The largest absolute Gasteiger partial charge is 0.462 e. The summed E-state index contributed by atoms with van der Waals surface area (Å²) in [4.78, 5) is 31.4. The average molecular weight is 608 g/mol. The van der Waals surface area contributed by atoms with Gasteiger partial charge in [-0.3, -0.25) is 4.79 Å². The highest BCUT2D eigenvalue weighted by Gasteiger charge is 2.60. The molecule has 200 valence electrons. The smallest absolute Gasteiger partial charge is 0.338 e. The van der Waals surface area contributed by atoms with Gasteiger partial charge < -0.3 is 14.5 Å². The van der Waals surface area contributed by atoms with E-state index in [-0.39, 0.29) is 17.9 Å². The van der Waals surface area contributed by atoms with Gasteiger partial charge in [0.1, 0.15) is 5.41 Å². The number of amides is 1. The molecule has 3 aromatic rings. The van der Waals surface area contributed by atoms with Crippen LogP contribution in [0.1, 0.15) is 29.8 Å². The number of hydrogen-bond acceptors (Lipinski definition) is 6. The molecule has 1 amide bonds. The summed E-state index contributed by atoms with van der Waals surface area (Å²) in [6.45, 7) is 6.27. The van der Waals surface area contributed by atoms with Crippen LogP contribution in [0.5, 0.6) is 0 Å². The van der Waals surface area contributed by atoms with Crippen molar-refractivity contribution in [3.63, 3.8) is 0 Å². The number of carbonyl (C=O) groups excluding carboxylic acids is 2. The second-order valence-corrected chi connectivity index (χ2v) is 11.5. The molecule has 0 unspecified atom stereocenters. The lowest BCUT2D eigenvalue weighted by atomic mass is 9.67. The molecule has 2 atom stereocenters. The van der Waals surface area contributed by atoms with E-state index in [1.807, 2.05) is 25.1 Å². The van der Waals surface area contributed by atoms with Gasteiger partial charge in [0, 0.05) is 40.5 Å². The lowest BCUT2D eigenvalue weighted by Crippen LogP contribution is -2.67. The van der Waals surface area contributed by atoms with E-state index >= 15 is 0 Å². The van der Waals surface area contributed by atoms with Crippen molar-refractivity contribution >= 4 is 62.2 Å². The van der Waals surface area contributed by atoms with Gasteiger partial charge >= 0.3 is 5.97 Å². The Labute approximate surface area is 241 Å². The summed E-state index contributed by atoms with van der Waals surface area (Å²) in [5.74, 6) is -0.446. The van der Waals surface area contributed by atoms with Crippen molar-refractivity contribution in [1.29, 1.82) is 0 Å². The number of carbonyl (C=O) groups is 2. The Morgan fingerprint density at radius 1 is 1.10 bits per heavy atom. The molecule has 7 nitrogen and oxygen atoms in total. The Bertz CT molecular complexity index is 1490. The van der Waals surface area contributed by atoms with E-state index in [9.17, 15) is 9.59 Å². The monoisotopic (exact) mass is 606 g/mol. The molecule has 0 bridgehead atoms. The topological polar surface area (TPSA) is 65.5 Å². The number of anilines is 3. The Hall–Kier alpha value is -3.36. The highest BCUT2D eigenvalue weighted by Crippen LogP contribution is 2.49. The number of hydrogen-bond donors (Lipinski definition) is 0. The van der Waals surface area contributed by atoms with Crippen LogP contribution in [0.4, 0.5) is 17.1 Å². The maximum Gasteiger partial charge on any atom is 0.338 e. The van der Waals surface area contributed by atoms with Crippen LogP contribution < -0.4 is 14.8 Å². The summed E-state index contributed by atoms with van der Waals surface area (Å²) in [6, 6.07) is 20.9. The van der Waals surface area contributed by atoms with Crippen LogP contribution in [0.25, 0.3) is 0 Å². The number of piperazine rings is 1. The third-order valence-electron chi connectivity index (χ3n) is 8.04. The first-order chi connectivity index (χ1) is 18.8. The number of benzene rings is 3. The van der Waals surface area contributed by atoms with Crippen LogP contribution in [0, 0.1) is 5.41 Å². The predicted molar refractivity (Wildman–Crippen MR) is 158 cm³/mol. The van der Waals surface area contributed by atoms with Crippen LogP contribution in [-0.2, 0) is 16.0 Å². The minimum atomic E-state index is -0.842. The van der Waals surface area contributed by atoms with Crippen molar-refractivity contribution in [3.8, 4) is 0 Å². The first kappa shape index (κ1) is 25.9. The molecule has 3 aliphatic rings. The molecule has 0 aliphatic carbocycles. The van der Waals surface area contributed by atoms with Gasteiger partial charge in [0.25, 0.3) is 5.91 Å². The van der Waals surface area contributed by atoms with E-state index in [2.05, 4.69) is 50.0 Å². The van der Waals surface area contributed by atoms with Crippen LogP contribution in [0.2, 0.25) is 5.02 Å². The zero-order chi connectivity index (χ0) is 27.3. The van der Waals surface area contributed by atoms with E-state index in [4.69, 9.17) is 21.4 Å². The molecule has 3 aliphatic heterocycles. The Kier molecular flexibility index (Phi) is 6.63. The number of hydrazone groups is 1. The van der Waals surface area contributed by atoms with Crippen molar-refractivity contribution < 1.29 is 14.3 Å². The van der Waals surface area contributed by atoms with Gasteiger partial charge in [-0.15, -0.1) is 0 Å². The highest BCUT2D eigenvalue weighted by atomic mass is 79.9. The summed E-state index contributed by atoms with van der Waals surface area (Å²) < 4.78 is 6.09. The fourth-order valence-corrected chi connectivity index (χ4v) is 6.73. The van der Waals surface area contributed by atoms with Crippen molar-refractivity contribution in [2.24, 2.45) is 10.5 Å². The van der Waals surface area contributed by atoms with Crippen molar-refractivity contribution in [3.05, 3.63) is 87.4 Å². The van der Waals surface area contributed by atoms with Gasteiger partial charge in [-0.05, 0) is 86.5 Å². The summed E-state index contributed by atoms with van der Waals surface area (Å²) in [7, 11) is 0. The number of rotatable bonds is 4. The highest BCUT2D eigenvalue weighted by molar-refractivity contribution is 9.10. The second kappa shape index (κ2) is 9.99. The Balaban J connectivity index is 1.39. The van der Waals surface area contributed by atoms with E-state index < -0.39 is 5.41 Å². The molecule has 0 aromatic heterocycles. The molecular formula is C30H28BrClN4O3. The number of ether oxygens (including phenoxy) is 1. The van der Waals surface area contributed by atoms with Crippen LogP contribution in [0.15, 0.2) is 76.3 Å². The zero-order valence-corrected chi connectivity index (χ0v) is 24.1. The first-order valence-corrected chi connectivity index (χ1v) is 14.2. The molecule has 3 aromatic carbocycles. The third kappa shape index (κ3) is 4.30. The van der Waals surface area contributed by atoms with Crippen molar-refractivity contribution in [1.82, 2.24) is 0 Å².